The number of ether oxygens (including phenoxy) is 1. The first-order valence-corrected chi connectivity index (χ1v) is 6.16. The molecule has 98 valence electrons. The molecule has 0 aliphatic heterocycles. The topological polar surface area (TPSA) is 51.2 Å². The number of pyridine rings is 1. The molecule has 0 fully saturated rings. The third-order valence-electron chi connectivity index (χ3n) is 2.41. The normalized spacial score (nSPS) is 10.1. The summed E-state index contributed by atoms with van der Waals surface area (Å²) in [6, 6.07) is 7.91. The number of carbonyl (C=O) groups is 1. The number of nitrogens with one attached hydrogen (secondary N) is 1. The number of hydrogen-bond acceptors (Lipinski definition) is 3. The zero-order chi connectivity index (χ0) is 13.8. The second-order valence-electron chi connectivity index (χ2n) is 3.65. The minimum absolute atomic E-state index is 0.107. The lowest BCUT2D eigenvalue weighted by molar-refractivity contribution is 0.102. The molecular weight excluding hydrogens is 315 g/mol. The van der Waals surface area contributed by atoms with Gasteiger partial charge in [-0.25, -0.2) is 4.98 Å². The zero-order valence-electron chi connectivity index (χ0n) is 9.98. The summed E-state index contributed by atoms with van der Waals surface area (Å²) in [6.45, 7) is 0. The first-order chi connectivity index (χ1) is 9.11. The summed E-state index contributed by atoms with van der Waals surface area (Å²) in [5, 5.41) is 2.58. The van der Waals surface area contributed by atoms with Gasteiger partial charge in [0.15, 0.2) is 0 Å². The molecule has 0 bridgehead atoms. The summed E-state index contributed by atoms with van der Waals surface area (Å²) in [6.07, 6.45) is 1.29. The Balaban J connectivity index is 2.22. The molecule has 0 spiro atoms. The molecule has 1 N–H and O–H groups in total. The Hall–Kier alpha value is -1.95. The van der Waals surface area contributed by atoms with Crippen molar-refractivity contribution in [3.8, 4) is 5.75 Å². The van der Waals surface area contributed by atoms with Crippen LogP contribution in [0.5, 0.6) is 5.75 Å². The quantitative estimate of drug-likeness (QED) is 0.882. The Morgan fingerprint density at radius 3 is 2.89 bits per heavy atom. The Labute approximate surface area is 117 Å². The third-order valence-corrected chi connectivity index (χ3v) is 3.07. The highest BCUT2D eigenvalue weighted by Gasteiger charge is 2.12. The molecule has 0 aliphatic carbocycles. The van der Waals surface area contributed by atoms with Crippen LogP contribution in [0.3, 0.4) is 0 Å². The first kappa shape index (κ1) is 13.5. The van der Waals surface area contributed by atoms with E-state index in [4.69, 9.17) is 4.74 Å². The number of rotatable bonds is 3. The van der Waals surface area contributed by atoms with Crippen molar-refractivity contribution in [2.75, 3.05) is 12.4 Å². The number of amides is 1. The van der Waals surface area contributed by atoms with E-state index in [0.29, 0.717) is 11.4 Å². The first-order valence-electron chi connectivity index (χ1n) is 5.37. The maximum absolute atomic E-state index is 13.3. The summed E-state index contributed by atoms with van der Waals surface area (Å²) < 4.78 is 19.2. The van der Waals surface area contributed by atoms with Gasteiger partial charge in [0.1, 0.15) is 5.75 Å². The number of anilines is 1. The second kappa shape index (κ2) is 5.79. The average molecular weight is 325 g/mol. The number of carbonyl (C=O) groups excluding carboxylic acids is 1. The molecule has 1 aromatic carbocycles. The number of hydrogen-bond donors (Lipinski definition) is 1. The van der Waals surface area contributed by atoms with Gasteiger partial charge in [0.05, 0.1) is 17.1 Å². The molecule has 0 atom stereocenters. The van der Waals surface area contributed by atoms with Crippen molar-refractivity contribution in [1.82, 2.24) is 4.98 Å². The van der Waals surface area contributed by atoms with Crippen molar-refractivity contribution < 1.29 is 13.9 Å². The van der Waals surface area contributed by atoms with E-state index < -0.39 is 11.9 Å². The van der Waals surface area contributed by atoms with E-state index in [0.717, 1.165) is 4.47 Å². The molecule has 2 rings (SSSR count). The minimum Gasteiger partial charge on any atom is -0.495 e. The molecule has 6 heteroatoms. The summed E-state index contributed by atoms with van der Waals surface area (Å²) >= 11 is 3.31. The predicted molar refractivity (Wildman–Crippen MR) is 72.8 cm³/mol. The predicted octanol–water partition coefficient (Wildman–Crippen LogP) is 3.24. The van der Waals surface area contributed by atoms with E-state index in [9.17, 15) is 9.18 Å². The fraction of sp³-hybridized carbons (Fsp3) is 0.0769. The standard InChI is InChI=1S/C13H10BrFN2O2/c1-19-11-7-8(4-5-10(11)14)17-13(18)9-3-2-6-16-12(9)15/h2-7H,1H3,(H,17,18). The molecule has 0 aliphatic rings. The van der Waals surface area contributed by atoms with Crippen molar-refractivity contribution in [3.63, 3.8) is 0 Å². The van der Waals surface area contributed by atoms with Crippen molar-refractivity contribution >= 4 is 27.5 Å². The molecule has 2 aromatic rings. The third kappa shape index (κ3) is 3.08. The molecule has 0 radical (unpaired) electrons. The van der Waals surface area contributed by atoms with E-state index in [2.05, 4.69) is 26.2 Å². The Bertz CT molecular complexity index is 619. The van der Waals surface area contributed by atoms with E-state index in [1.54, 1.807) is 18.2 Å². The van der Waals surface area contributed by atoms with Gasteiger partial charge >= 0.3 is 0 Å². The Morgan fingerprint density at radius 1 is 1.42 bits per heavy atom. The van der Waals surface area contributed by atoms with Crippen LogP contribution in [-0.4, -0.2) is 18.0 Å². The molecule has 1 heterocycles. The number of benzene rings is 1. The van der Waals surface area contributed by atoms with Crippen LogP contribution < -0.4 is 10.1 Å². The van der Waals surface area contributed by atoms with Gasteiger partial charge < -0.3 is 10.1 Å². The highest BCUT2D eigenvalue weighted by Crippen LogP contribution is 2.28. The van der Waals surface area contributed by atoms with Gasteiger partial charge in [0.2, 0.25) is 5.95 Å². The zero-order valence-corrected chi connectivity index (χ0v) is 11.6. The number of methoxy groups -OCH3 is 1. The molecule has 4 nitrogen and oxygen atoms in total. The van der Waals surface area contributed by atoms with Crippen LogP contribution in [-0.2, 0) is 0 Å². The van der Waals surface area contributed by atoms with Gasteiger partial charge in [0.25, 0.3) is 5.91 Å². The van der Waals surface area contributed by atoms with Gasteiger partial charge in [-0.3, -0.25) is 4.79 Å². The maximum atomic E-state index is 13.3. The van der Waals surface area contributed by atoms with Crippen molar-refractivity contribution in [2.24, 2.45) is 0 Å². The van der Waals surface area contributed by atoms with E-state index in [-0.39, 0.29) is 5.56 Å². The van der Waals surface area contributed by atoms with Crippen LogP contribution in [0.15, 0.2) is 41.0 Å². The smallest absolute Gasteiger partial charge is 0.260 e. The lowest BCUT2D eigenvalue weighted by Gasteiger charge is -2.08. The van der Waals surface area contributed by atoms with Crippen LogP contribution in [0.25, 0.3) is 0 Å². The molecule has 0 saturated carbocycles. The molecule has 19 heavy (non-hydrogen) atoms. The fourth-order valence-corrected chi connectivity index (χ4v) is 1.90. The van der Waals surface area contributed by atoms with E-state index in [1.165, 1.54) is 25.4 Å². The Kier molecular flexibility index (Phi) is 4.11. The monoisotopic (exact) mass is 324 g/mol. The molecule has 0 unspecified atom stereocenters. The van der Waals surface area contributed by atoms with Crippen LogP contribution in [0, 0.1) is 5.95 Å². The van der Waals surface area contributed by atoms with Gasteiger partial charge in [-0.2, -0.15) is 4.39 Å². The number of halogens is 2. The lowest BCUT2D eigenvalue weighted by atomic mass is 10.2. The lowest BCUT2D eigenvalue weighted by Crippen LogP contribution is -2.14. The van der Waals surface area contributed by atoms with Crippen molar-refractivity contribution in [2.45, 2.75) is 0 Å². The highest BCUT2D eigenvalue weighted by atomic mass is 79.9. The van der Waals surface area contributed by atoms with Crippen LogP contribution in [0.1, 0.15) is 10.4 Å². The highest BCUT2D eigenvalue weighted by molar-refractivity contribution is 9.10. The fourth-order valence-electron chi connectivity index (χ4n) is 1.49. The minimum atomic E-state index is -0.802. The van der Waals surface area contributed by atoms with E-state index >= 15 is 0 Å². The van der Waals surface area contributed by atoms with Crippen molar-refractivity contribution in [3.05, 3.63) is 52.5 Å². The molecular formula is C13H10BrFN2O2. The summed E-state index contributed by atoms with van der Waals surface area (Å²) in [4.78, 5) is 15.3. The second-order valence-corrected chi connectivity index (χ2v) is 4.50. The summed E-state index contributed by atoms with van der Waals surface area (Å²) in [5.74, 6) is -0.788. The SMILES string of the molecule is COc1cc(NC(=O)c2cccnc2F)ccc1Br. The van der Waals surface area contributed by atoms with Crippen LogP contribution >= 0.6 is 15.9 Å². The number of nitrogens with zero attached hydrogens (tertiary/aromatic N) is 1. The largest absolute Gasteiger partial charge is 0.495 e. The summed E-state index contributed by atoms with van der Waals surface area (Å²) in [5.41, 5.74) is 0.401. The van der Waals surface area contributed by atoms with Crippen LogP contribution in [0.4, 0.5) is 10.1 Å². The molecule has 1 aromatic heterocycles. The summed E-state index contributed by atoms with van der Waals surface area (Å²) in [7, 11) is 1.52. The van der Waals surface area contributed by atoms with Crippen LogP contribution in [0.2, 0.25) is 0 Å². The van der Waals surface area contributed by atoms with Gasteiger partial charge in [-0.1, -0.05) is 0 Å². The van der Waals surface area contributed by atoms with Gasteiger partial charge in [-0.05, 0) is 40.2 Å². The van der Waals surface area contributed by atoms with Gasteiger partial charge in [0, 0.05) is 18.0 Å². The average Bonchev–Trinajstić information content (AvgIpc) is 2.41. The Morgan fingerprint density at radius 2 is 2.21 bits per heavy atom. The van der Waals surface area contributed by atoms with E-state index in [1.807, 2.05) is 0 Å². The number of aromatic nitrogens is 1. The molecule has 1 amide bonds. The van der Waals surface area contributed by atoms with Gasteiger partial charge in [-0.15, -0.1) is 0 Å². The maximum Gasteiger partial charge on any atom is 0.260 e. The van der Waals surface area contributed by atoms with Crippen molar-refractivity contribution in [1.29, 1.82) is 0 Å². The molecule has 0 saturated heterocycles.